The molecule has 8 heteroatoms. The molecular weight excluding hydrogens is 436 g/mol. The molecule has 1 fully saturated rings. The molecule has 2 N–H and O–H groups in total. The maximum absolute atomic E-state index is 13.2. The van der Waals surface area contributed by atoms with Gasteiger partial charge in [0.1, 0.15) is 5.75 Å². The van der Waals surface area contributed by atoms with Gasteiger partial charge in [-0.15, -0.1) is 12.4 Å². The molecule has 2 aromatic rings. The molecule has 1 heterocycles. The molecule has 0 bridgehead atoms. The highest BCUT2D eigenvalue weighted by Gasteiger charge is 2.30. The van der Waals surface area contributed by atoms with Crippen LogP contribution in [0.15, 0.2) is 53.4 Å². The molecule has 0 radical (unpaired) electrons. The normalized spacial score (nSPS) is 19.3. The lowest BCUT2D eigenvalue weighted by Gasteiger charge is -2.26. The Morgan fingerprint density at radius 3 is 2.48 bits per heavy atom. The average molecular weight is 467 g/mol. The molecule has 0 aliphatic carbocycles. The molecule has 2 aromatic carbocycles. The maximum Gasteiger partial charge on any atom is 0.255 e. The summed E-state index contributed by atoms with van der Waals surface area (Å²) in [6, 6.07) is 14.9. The van der Waals surface area contributed by atoms with E-state index >= 15 is 0 Å². The number of halogens is 1. The second-order valence-corrected chi connectivity index (χ2v) is 10.1. The monoisotopic (exact) mass is 466 g/mol. The predicted molar refractivity (Wildman–Crippen MR) is 125 cm³/mol. The summed E-state index contributed by atoms with van der Waals surface area (Å²) in [7, 11) is -1.95. The fourth-order valence-corrected chi connectivity index (χ4v) is 4.82. The zero-order valence-electron chi connectivity index (χ0n) is 18.1. The number of hydrogen-bond acceptors (Lipinski definition) is 5. The van der Waals surface area contributed by atoms with E-state index in [2.05, 4.69) is 17.6 Å². The van der Waals surface area contributed by atoms with Crippen molar-refractivity contribution in [1.29, 1.82) is 0 Å². The van der Waals surface area contributed by atoms with Crippen molar-refractivity contribution in [2.45, 2.75) is 56.1 Å². The Morgan fingerprint density at radius 1 is 1.19 bits per heavy atom. The number of rotatable bonds is 8. The Morgan fingerprint density at radius 2 is 1.90 bits per heavy atom. The third-order valence-corrected chi connectivity index (χ3v) is 7.40. The van der Waals surface area contributed by atoms with Crippen molar-refractivity contribution in [2.24, 2.45) is 0 Å². The van der Waals surface area contributed by atoms with Gasteiger partial charge < -0.3 is 15.4 Å². The first-order chi connectivity index (χ1) is 14.3. The topological polar surface area (TPSA) is 84.5 Å². The summed E-state index contributed by atoms with van der Waals surface area (Å²) >= 11 is 0. The van der Waals surface area contributed by atoms with Crippen LogP contribution in [0.25, 0.3) is 0 Å². The molecule has 1 aliphatic rings. The molecule has 6 nitrogen and oxygen atoms in total. The molecule has 1 aliphatic heterocycles. The number of nitrogens with one attached hydrogen (secondary N) is 2. The van der Waals surface area contributed by atoms with Crippen LogP contribution < -0.4 is 15.4 Å². The highest BCUT2D eigenvalue weighted by molar-refractivity contribution is 7.91. The molecule has 31 heavy (non-hydrogen) atoms. The molecule has 3 unspecified atom stereocenters. The summed E-state index contributed by atoms with van der Waals surface area (Å²) in [5, 5.41) is 6.70. The lowest BCUT2D eigenvalue weighted by molar-refractivity contribution is 0.0925. The lowest BCUT2D eigenvalue weighted by Crippen LogP contribution is -2.49. The van der Waals surface area contributed by atoms with Gasteiger partial charge in [0.2, 0.25) is 0 Å². The molecule has 0 saturated carbocycles. The van der Waals surface area contributed by atoms with Gasteiger partial charge in [0.05, 0.1) is 23.3 Å². The first kappa shape index (κ1) is 25.2. The molecule has 0 spiro atoms. The van der Waals surface area contributed by atoms with Gasteiger partial charge in [-0.05, 0) is 49.9 Å². The van der Waals surface area contributed by atoms with Crippen molar-refractivity contribution in [3.8, 4) is 5.75 Å². The van der Waals surface area contributed by atoms with Crippen LogP contribution in [0.3, 0.4) is 0 Å². The maximum atomic E-state index is 13.2. The Balaban J connectivity index is 0.00000341. The minimum absolute atomic E-state index is 0. The van der Waals surface area contributed by atoms with Crippen LogP contribution in [-0.2, 0) is 16.3 Å². The summed E-state index contributed by atoms with van der Waals surface area (Å²) in [6.45, 7) is 3.73. The van der Waals surface area contributed by atoms with Crippen molar-refractivity contribution < 1.29 is 17.9 Å². The smallest absolute Gasteiger partial charge is 0.255 e. The molecule has 3 atom stereocenters. The number of hydrogen-bond donors (Lipinski definition) is 2. The van der Waals surface area contributed by atoms with Crippen LogP contribution in [0.5, 0.6) is 5.75 Å². The first-order valence-electron chi connectivity index (χ1n) is 10.4. The van der Waals surface area contributed by atoms with Crippen LogP contribution in [0.1, 0.15) is 42.6 Å². The lowest BCUT2D eigenvalue weighted by atomic mass is 9.97. The number of sulfone groups is 1. The summed E-state index contributed by atoms with van der Waals surface area (Å²) in [4.78, 5) is 13.3. The van der Waals surface area contributed by atoms with Crippen molar-refractivity contribution in [2.75, 3.05) is 12.9 Å². The number of carbonyl (C=O) groups is 1. The zero-order chi connectivity index (χ0) is 21.7. The van der Waals surface area contributed by atoms with Gasteiger partial charge in [-0.3, -0.25) is 4.79 Å². The molecule has 1 amide bonds. The van der Waals surface area contributed by atoms with Crippen LogP contribution in [-0.4, -0.2) is 45.3 Å². The molecule has 0 aromatic heterocycles. The van der Waals surface area contributed by atoms with E-state index in [0.29, 0.717) is 18.2 Å². The van der Waals surface area contributed by atoms with Crippen LogP contribution in [0, 0.1) is 0 Å². The Bertz CT molecular complexity index is 982. The summed E-state index contributed by atoms with van der Waals surface area (Å²) < 4.78 is 29.9. The predicted octanol–water partition coefficient (Wildman–Crippen LogP) is 3.39. The second kappa shape index (κ2) is 11.0. The summed E-state index contributed by atoms with van der Waals surface area (Å²) in [5.74, 6) is -0.00276. The van der Waals surface area contributed by atoms with Crippen molar-refractivity contribution in [3.63, 3.8) is 0 Å². The molecule has 1 saturated heterocycles. The van der Waals surface area contributed by atoms with Gasteiger partial charge in [-0.1, -0.05) is 37.3 Å². The standard InChI is InChI=1S/C23H30N2O4S.ClH/c1-4-30(27,28)18-11-13-22(29-3)19(15-18)23(26)25-21(20-12-10-16(2)24-20)14-17-8-6-5-7-9-17;/h5-9,11,13,15-16,20-21,24H,4,10,12,14H2,1-3H3,(H,25,26);1H. The van der Waals surface area contributed by atoms with Crippen LogP contribution in [0.2, 0.25) is 0 Å². The van der Waals surface area contributed by atoms with Crippen molar-refractivity contribution in [3.05, 3.63) is 59.7 Å². The quantitative estimate of drug-likeness (QED) is 0.623. The van der Waals surface area contributed by atoms with Gasteiger partial charge in [-0.2, -0.15) is 0 Å². The Labute approximate surface area is 191 Å². The molecule has 170 valence electrons. The van der Waals surface area contributed by atoms with Crippen LogP contribution in [0.4, 0.5) is 0 Å². The first-order valence-corrected chi connectivity index (χ1v) is 12.0. The van der Waals surface area contributed by atoms with E-state index in [1.165, 1.54) is 19.2 Å². The third-order valence-electron chi connectivity index (χ3n) is 5.66. The zero-order valence-corrected chi connectivity index (χ0v) is 19.8. The largest absolute Gasteiger partial charge is 0.496 e. The van der Waals surface area contributed by atoms with Crippen molar-refractivity contribution in [1.82, 2.24) is 10.6 Å². The number of ether oxygens (including phenoxy) is 1. The van der Waals surface area contributed by atoms with E-state index in [1.807, 2.05) is 30.3 Å². The minimum Gasteiger partial charge on any atom is -0.496 e. The minimum atomic E-state index is -3.43. The second-order valence-electron chi connectivity index (χ2n) is 7.79. The Kier molecular flexibility index (Phi) is 8.91. The number of methoxy groups -OCH3 is 1. The van der Waals surface area contributed by atoms with Gasteiger partial charge in [0.15, 0.2) is 9.84 Å². The average Bonchev–Trinajstić information content (AvgIpc) is 3.19. The fourth-order valence-electron chi connectivity index (χ4n) is 3.91. The molecule has 3 rings (SSSR count). The van der Waals surface area contributed by atoms with Crippen LogP contribution >= 0.6 is 12.4 Å². The Hall–Kier alpha value is -2.09. The van der Waals surface area contributed by atoms with E-state index < -0.39 is 9.84 Å². The number of amides is 1. The highest BCUT2D eigenvalue weighted by atomic mass is 35.5. The number of carbonyl (C=O) groups excluding carboxylic acids is 1. The van der Waals surface area contributed by atoms with Gasteiger partial charge in [0.25, 0.3) is 5.91 Å². The SMILES string of the molecule is CCS(=O)(=O)c1ccc(OC)c(C(=O)NC(Cc2ccccc2)C2CCC(C)N2)c1.Cl. The summed E-state index contributed by atoms with van der Waals surface area (Å²) in [5.41, 5.74) is 1.37. The van der Waals surface area contributed by atoms with E-state index in [0.717, 1.165) is 18.4 Å². The van der Waals surface area contributed by atoms with E-state index in [4.69, 9.17) is 4.74 Å². The summed E-state index contributed by atoms with van der Waals surface area (Å²) in [6.07, 6.45) is 2.71. The third kappa shape index (κ3) is 6.21. The van der Waals surface area contributed by atoms with E-state index in [-0.39, 0.29) is 46.6 Å². The fraction of sp³-hybridized carbons (Fsp3) is 0.435. The number of benzene rings is 2. The molecular formula is C23H31ClN2O4S. The van der Waals surface area contributed by atoms with E-state index in [1.54, 1.807) is 13.0 Å². The highest BCUT2D eigenvalue weighted by Crippen LogP contribution is 2.24. The van der Waals surface area contributed by atoms with Gasteiger partial charge in [0, 0.05) is 18.1 Å². The van der Waals surface area contributed by atoms with Gasteiger partial charge >= 0.3 is 0 Å². The van der Waals surface area contributed by atoms with E-state index in [9.17, 15) is 13.2 Å². The van der Waals surface area contributed by atoms with Crippen molar-refractivity contribution >= 4 is 28.2 Å². The van der Waals surface area contributed by atoms with Gasteiger partial charge in [-0.25, -0.2) is 8.42 Å².